The summed E-state index contributed by atoms with van der Waals surface area (Å²) in [6, 6.07) is 8.06. The number of halogens is 2. The zero-order valence-corrected chi connectivity index (χ0v) is 20.8. The molecule has 162 valence electrons. The van der Waals surface area contributed by atoms with Crippen molar-refractivity contribution in [2.45, 2.75) is 40.0 Å². The van der Waals surface area contributed by atoms with Gasteiger partial charge in [0.05, 0.1) is 13.2 Å². The number of methoxy groups -OCH3 is 1. The van der Waals surface area contributed by atoms with E-state index in [-0.39, 0.29) is 29.4 Å². The Morgan fingerprint density at radius 2 is 1.93 bits per heavy atom. The zero-order chi connectivity index (χ0) is 20.0. The van der Waals surface area contributed by atoms with Crippen molar-refractivity contribution in [1.29, 1.82) is 0 Å². The third-order valence-electron chi connectivity index (χ3n) is 4.02. The standard InChI is InChI=1S/C21H36ClN3O2.HI/c1-5-23-20(24-11-6-7-12-27-14-13-26-4)25-17-21(2,3)16-18-9-8-10-19(22)15-18;/h8-10,15H,5-7,11-14,16-17H2,1-4H3,(H2,23,24,25);1H. The first kappa shape index (κ1) is 27.4. The molecule has 0 saturated heterocycles. The molecule has 0 aromatic heterocycles. The maximum atomic E-state index is 6.10. The maximum absolute atomic E-state index is 6.10. The fourth-order valence-corrected chi connectivity index (χ4v) is 2.88. The molecule has 0 aliphatic heterocycles. The van der Waals surface area contributed by atoms with Crippen molar-refractivity contribution in [3.05, 3.63) is 34.9 Å². The first-order valence-electron chi connectivity index (χ1n) is 9.80. The van der Waals surface area contributed by atoms with Gasteiger partial charge in [-0.25, -0.2) is 0 Å². The summed E-state index contributed by atoms with van der Waals surface area (Å²) >= 11 is 6.10. The molecule has 0 bridgehead atoms. The fourth-order valence-electron chi connectivity index (χ4n) is 2.67. The van der Waals surface area contributed by atoms with E-state index in [0.29, 0.717) is 13.2 Å². The van der Waals surface area contributed by atoms with E-state index in [1.165, 1.54) is 5.56 Å². The van der Waals surface area contributed by atoms with Crippen molar-refractivity contribution in [3.63, 3.8) is 0 Å². The maximum Gasteiger partial charge on any atom is 0.191 e. The lowest BCUT2D eigenvalue weighted by Crippen LogP contribution is -2.38. The predicted octanol–water partition coefficient (Wildman–Crippen LogP) is 4.53. The van der Waals surface area contributed by atoms with Crippen LogP contribution in [-0.4, -0.2) is 52.5 Å². The monoisotopic (exact) mass is 525 g/mol. The van der Waals surface area contributed by atoms with Crippen LogP contribution in [0.15, 0.2) is 29.3 Å². The van der Waals surface area contributed by atoms with E-state index in [4.69, 9.17) is 26.1 Å². The highest BCUT2D eigenvalue weighted by atomic mass is 127. The molecule has 0 aliphatic carbocycles. The molecule has 0 atom stereocenters. The van der Waals surface area contributed by atoms with Gasteiger partial charge >= 0.3 is 0 Å². The minimum atomic E-state index is 0. The third kappa shape index (κ3) is 13.6. The largest absolute Gasteiger partial charge is 0.382 e. The van der Waals surface area contributed by atoms with E-state index in [2.05, 4.69) is 37.5 Å². The van der Waals surface area contributed by atoms with Crippen LogP contribution in [0.1, 0.15) is 39.2 Å². The van der Waals surface area contributed by atoms with Crippen LogP contribution in [0.4, 0.5) is 0 Å². The molecule has 0 spiro atoms. The molecule has 0 unspecified atom stereocenters. The molecule has 1 rings (SSSR count). The summed E-state index contributed by atoms with van der Waals surface area (Å²) in [5.74, 6) is 0.872. The normalized spacial score (nSPS) is 11.8. The van der Waals surface area contributed by atoms with Crippen LogP contribution in [0.5, 0.6) is 0 Å². The second-order valence-corrected chi connectivity index (χ2v) is 7.84. The number of benzene rings is 1. The summed E-state index contributed by atoms with van der Waals surface area (Å²) in [7, 11) is 1.69. The Labute approximate surface area is 193 Å². The summed E-state index contributed by atoms with van der Waals surface area (Å²) in [5.41, 5.74) is 1.30. The molecule has 1 aromatic rings. The van der Waals surface area contributed by atoms with E-state index < -0.39 is 0 Å². The van der Waals surface area contributed by atoms with Gasteiger partial charge < -0.3 is 20.1 Å². The fraction of sp³-hybridized carbons (Fsp3) is 0.667. The van der Waals surface area contributed by atoms with E-state index in [1.54, 1.807) is 7.11 Å². The Morgan fingerprint density at radius 3 is 2.61 bits per heavy atom. The van der Waals surface area contributed by atoms with Gasteiger partial charge in [0, 0.05) is 38.4 Å². The van der Waals surface area contributed by atoms with Crippen LogP contribution in [0.25, 0.3) is 0 Å². The lowest BCUT2D eigenvalue weighted by Gasteiger charge is -2.23. The lowest BCUT2D eigenvalue weighted by atomic mass is 9.86. The van der Waals surface area contributed by atoms with Gasteiger partial charge in [0.15, 0.2) is 5.96 Å². The molecular formula is C21H37ClIN3O2. The predicted molar refractivity (Wildman–Crippen MR) is 130 cm³/mol. The molecule has 7 heteroatoms. The Hall–Kier alpha value is -0.570. The number of rotatable bonds is 13. The highest BCUT2D eigenvalue weighted by Crippen LogP contribution is 2.23. The van der Waals surface area contributed by atoms with Crippen LogP contribution in [0.3, 0.4) is 0 Å². The van der Waals surface area contributed by atoms with Crippen molar-refractivity contribution in [3.8, 4) is 0 Å². The SMILES string of the molecule is CCNC(=NCC(C)(C)Cc1cccc(Cl)c1)NCCCCOCCOC.I. The van der Waals surface area contributed by atoms with Gasteiger partial charge in [-0.05, 0) is 49.3 Å². The average molecular weight is 526 g/mol. The highest BCUT2D eigenvalue weighted by molar-refractivity contribution is 14.0. The second-order valence-electron chi connectivity index (χ2n) is 7.41. The third-order valence-corrected chi connectivity index (χ3v) is 4.26. The Bertz CT molecular complexity index is 556. The molecule has 0 heterocycles. The molecule has 0 amide bonds. The van der Waals surface area contributed by atoms with Crippen LogP contribution in [0, 0.1) is 5.41 Å². The van der Waals surface area contributed by atoms with Crippen LogP contribution >= 0.6 is 35.6 Å². The average Bonchev–Trinajstić information content (AvgIpc) is 2.61. The lowest BCUT2D eigenvalue weighted by molar-refractivity contribution is 0.0689. The smallest absolute Gasteiger partial charge is 0.191 e. The minimum absolute atomic E-state index is 0. The van der Waals surface area contributed by atoms with Gasteiger partial charge in [-0.2, -0.15) is 0 Å². The number of guanidine groups is 1. The molecular weight excluding hydrogens is 489 g/mol. The van der Waals surface area contributed by atoms with Crippen molar-refractivity contribution < 1.29 is 9.47 Å². The van der Waals surface area contributed by atoms with Crippen molar-refractivity contribution in [1.82, 2.24) is 10.6 Å². The number of hydrogen-bond donors (Lipinski definition) is 2. The molecule has 2 N–H and O–H groups in total. The van der Waals surface area contributed by atoms with Crippen LogP contribution in [-0.2, 0) is 15.9 Å². The number of nitrogens with zero attached hydrogens (tertiary/aromatic N) is 1. The molecule has 5 nitrogen and oxygen atoms in total. The molecule has 1 aromatic carbocycles. The minimum Gasteiger partial charge on any atom is -0.382 e. The van der Waals surface area contributed by atoms with E-state index in [1.807, 2.05) is 18.2 Å². The first-order chi connectivity index (χ1) is 13.0. The molecule has 0 saturated carbocycles. The van der Waals surface area contributed by atoms with Crippen molar-refractivity contribution in [2.75, 3.05) is 46.6 Å². The van der Waals surface area contributed by atoms with Crippen molar-refractivity contribution >= 4 is 41.5 Å². The summed E-state index contributed by atoms with van der Waals surface area (Å²) in [5, 5.41) is 7.51. The molecule has 0 fully saturated rings. The van der Waals surface area contributed by atoms with Gasteiger partial charge in [0.25, 0.3) is 0 Å². The summed E-state index contributed by atoms with van der Waals surface area (Å²) in [6.45, 7) is 11.1. The first-order valence-corrected chi connectivity index (χ1v) is 10.2. The number of ether oxygens (including phenoxy) is 2. The number of aliphatic imine (C=N–C) groups is 1. The Balaban J connectivity index is 0.00000729. The van der Waals surface area contributed by atoms with Crippen LogP contribution in [0.2, 0.25) is 5.02 Å². The Kier molecular flexibility index (Phi) is 15.9. The van der Waals surface area contributed by atoms with Gasteiger partial charge in [-0.3, -0.25) is 4.99 Å². The van der Waals surface area contributed by atoms with Gasteiger partial charge in [0.1, 0.15) is 0 Å². The van der Waals surface area contributed by atoms with Gasteiger partial charge in [-0.1, -0.05) is 37.6 Å². The van der Waals surface area contributed by atoms with Crippen LogP contribution < -0.4 is 10.6 Å². The van der Waals surface area contributed by atoms with Crippen molar-refractivity contribution in [2.24, 2.45) is 10.4 Å². The van der Waals surface area contributed by atoms with Gasteiger partial charge in [-0.15, -0.1) is 24.0 Å². The summed E-state index contributed by atoms with van der Waals surface area (Å²) in [4.78, 5) is 4.78. The van der Waals surface area contributed by atoms with E-state index >= 15 is 0 Å². The zero-order valence-electron chi connectivity index (χ0n) is 17.7. The summed E-state index contributed by atoms with van der Waals surface area (Å²) in [6.07, 6.45) is 3.01. The summed E-state index contributed by atoms with van der Waals surface area (Å²) < 4.78 is 10.4. The Morgan fingerprint density at radius 1 is 1.14 bits per heavy atom. The highest BCUT2D eigenvalue weighted by Gasteiger charge is 2.18. The molecule has 28 heavy (non-hydrogen) atoms. The second kappa shape index (κ2) is 16.3. The van der Waals surface area contributed by atoms with E-state index in [9.17, 15) is 0 Å². The number of nitrogens with one attached hydrogen (secondary N) is 2. The molecule has 0 aliphatic rings. The number of unbranched alkanes of at least 4 members (excludes halogenated alkanes) is 1. The quantitative estimate of drug-likeness (QED) is 0.172. The van der Waals surface area contributed by atoms with E-state index in [0.717, 1.165) is 56.5 Å². The molecule has 0 radical (unpaired) electrons. The topological polar surface area (TPSA) is 54.9 Å². The number of hydrogen-bond acceptors (Lipinski definition) is 3. The van der Waals surface area contributed by atoms with Gasteiger partial charge in [0.2, 0.25) is 0 Å².